The molecular formula is C21H18N2O4. The quantitative estimate of drug-likeness (QED) is 0.830. The van der Waals surface area contributed by atoms with Gasteiger partial charge in [0.15, 0.2) is 0 Å². The van der Waals surface area contributed by atoms with Crippen LogP contribution in [-0.2, 0) is 22.6 Å². The number of fused-ring (bicyclic) bond motifs is 2. The molecule has 3 amide bonds. The fourth-order valence-corrected chi connectivity index (χ4v) is 4.19. The number of hydrogen-bond donors (Lipinski definition) is 1. The molecule has 1 saturated heterocycles. The van der Waals surface area contributed by atoms with Crippen LogP contribution < -0.4 is 10.1 Å². The number of benzene rings is 2. The molecule has 0 aliphatic carbocycles. The average molecular weight is 362 g/mol. The predicted octanol–water partition coefficient (Wildman–Crippen LogP) is 2.05. The summed E-state index contributed by atoms with van der Waals surface area (Å²) in [6.07, 6.45) is 1.54. The third-order valence-corrected chi connectivity index (χ3v) is 5.59. The van der Waals surface area contributed by atoms with E-state index in [0.717, 1.165) is 28.9 Å². The third kappa shape index (κ3) is 2.51. The Labute approximate surface area is 156 Å². The number of nitrogens with zero attached hydrogens (tertiary/aromatic N) is 1. The Balaban J connectivity index is 1.51. The van der Waals surface area contributed by atoms with Crippen LogP contribution in [0, 0.1) is 0 Å². The Kier molecular flexibility index (Phi) is 3.53. The van der Waals surface area contributed by atoms with Crippen LogP contribution in [0.15, 0.2) is 36.4 Å². The fraction of sp³-hybridized carbons (Fsp3) is 0.286. The number of ether oxygens (including phenoxy) is 1. The van der Waals surface area contributed by atoms with E-state index in [9.17, 15) is 14.4 Å². The Morgan fingerprint density at radius 2 is 1.89 bits per heavy atom. The summed E-state index contributed by atoms with van der Waals surface area (Å²) in [6, 6.07) is 11.2. The van der Waals surface area contributed by atoms with Crippen molar-refractivity contribution >= 4 is 17.7 Å². The van der Waals surface area contributed by atoms with Gasteiger partial charge >= 0.3 is 0 Å². The minimum absolute atomic E-state index is 0.154. The van der Waals surface area contributed by atoms with Crippen molar-refractivity contribution < 1.29 is 19.1 Å². The lowest BCUT2D eigenvalue weighted by molar-refractivity contribution is -0.136. The van der Waals surface area contributed by atoms with Crippen LogP contribution in [0.25, 0.3) is 11.1 Å². The van der Waals surface area contributed by atoms with Gasteiger partial charge in [-0.25, -0.2) is 0 Å². The summed E-state index contributed by atoms with van der Waals surface area (Å²) in [6.45, 7) is 1.07. The van der Waals surface area contributed by atoms with Crippen molar-refractivity contribution in [1.29, 1.82) is 0 Å². The van der Waals surface area contributed by atoms with Gasteiger partial charge in [0.1, 0.15) is 11.8 Å². The highest BCUT2D eigenvalue weighted by atomic mass is 16.5. The van der Waals surface area contributed by atoms with Crippen molar-refractivity contribution in [1.82, 2.24) is 10.2 Å². The summed E-state index contributed by atoms with van der Waals surface area (Å²) in [5, 5.41) is 2.34. The summed E-state index contributed by atoms with van der Waals surface area (Å²) in [4.78, 5) is 38.2. The highest BCUT2D eigenvalue weighted by Crippen LogP contribution is 2.37. The Bertz CT molecular complexity index is 998. The van der Waals surface area contributed by atoms with E-state index in [1.807, 2.05) is 18.2 Å². The second-order valence-corrected chi connectivity index (χ2v) is 7.15. The molecule has 0 bridgehead atoms. The molecule has 136 valence electrons. The molecule has 1 unspecified atom stereocenters. The summed E-state index contributed by atoms with van der Waals surface area (Å²) in [7, 11) is 0. The van der Waals surface area contributed by atoms with Crippen molar-refractivity contribution in [3.63, 3.8) is 0 Å². The zero-order valence-corrected chi connectivity index (χ0v) is 14.7. The molecule has 3 aliphatic heterocycles. The minimum atomic E-state index is -0.598. The Morgan fingerprint density at radius 1 is 1.04 bits per heavy atom. The SMILES string of the molecule is O=C1CCC(N2Cc3c(cccc3-c3ccc4c(c3)OCC4)C2=O)C(=O)N1. The number of imide groups is 1. The van der Waals surface area contributed by atoms with Crippen molar-refractivity contribution in [2.45, 2.75) is 31.8 Å². The second kappa shape index (κ2) is 5.94. The van der Waals surface area contributed by atoms with E-state index in [1.54, 1.807) is 11.0 Å². The lowest BCUT2D eigenvalue weighted by atomic mass is 9.96. The van der Waals surface area contributed by atoms with E-state index in [4.69, 9.17) is 4.74 Å². The summed E-state index contributed by atoms with van der Waals surface area (Å²) >= 11 is 0. The molecular weight excluding hydrogens is 344 g/mol. The summed E-state index contributed by atoms with van der Waals surface area (Å²) < 4.78 is 5.68. The number of rotatable bonds is 2. The smallest absolute Gasteiger partial charge is 0.255 e. The van der Waals surface area contributed by atoms with Crippen LogP contribution in [0.3, 0.4) is 0 Å². The highest BCUT2D eigenvalue weighted by molar-refractivity contribution is 6.06. The van der Waals surface area contributed by atoms with Gasteiger partial charge in [-0.3, -0.25) is 19.7 Å². The highest BCUT2D eigenvalue weighted by Gasteiger charge is 2.39. The summed E-state index contributed by atoms with van der Waals surface area (Å²) in [5.74, 6) is 0.0781. The van der Waals surface area contributed by atoms with Crippen LogP contribution >= 0.6 is 0 Å². The largest absolute Gasteiger partial charge is 0.493 e. The van der Waals surface area contributed by atoms with Gasteiger partial charge < -0.3 is 9.64 Å². The molecule has 6 heteroatoms. The Hall–Kier alpha value is -3.15. The molecule has 5 rings (SSSR count). The lowest BCUT2D eigenvalue weighted by Crippen LogP contribution is -2.52. The lowest BCUT2D eigenvalue weighted by Gasteiger charge is -2.29. The van der Waals surface area contributed by atoms with Gasteiger partial charge in [0, 0.05) is 24.9 Å². The van der Waals surface area contributed by atoms with Gasteiger partial charge in [0.2, 0.25) is 11.8 Å². The topological polar surface area (TPSA) is 75.7 Å². The Morgan fingerprint density at radius 3 is 2.74 bits per heavy atom. The molecule has 3 heterocycles. The van der Waals surface area contributed by atoms with Gasteiger partial charge in [-0.05, 0) is 40.8 Å². The molecule has 0 spiro atoms. The number of piperidine rings is 1. The van der Waals surface area contributed by atoms with Gasteiger partial charge in [-0.1, -0.05) is 24.3 Å². The first kappa shape index (κ1) is 16.1. The molecule has 6 nitrogen and oxygen atoms in total. The number of nitrogens with one attached hydrogen (secondary N) is 1. The first-order chi connectivity index (χ1) is 13.1. The number of carbonyl (C=O) groups is 3. The van der Waals surface area contributed by atoms with Crippen molar-refractivity contribution in [2.75, 3.05) is 6.61 Å². The van der Waals surface area contributed by atoms with Crippen LogP contribution in [0.2, 0.25) is 0 Å². The maximum Gasteiger partial charge on any atom is 0.255 e. The average Bonchev–Trinajstić information content (AvgIpc) is 3.26. The van der Waals surface area contributed by atoms with E-state index in [2.05, 4.69) is 17.4 Å². The molecule has 2 aromatic rings. The van der Waals surface area contributed by atoms with Crippen LogP contribution in [0.5, 0.6) is 5.75 Å². The molecule has 0 radical (unpaired) electrons. The molecule has 3 aliphatic rings. The van der Waals surface area contributed by atoms with Crippen molar-refractivity contribution in [3.05, 3.63) is 53.1 Å². The normalized spacial score (nSPS) is 21.0. The second-order valence-electron chi connectivity index (χ2n) is 7.15. The first-order valence-electron chi connectivity index (χ1n) is 9.14. The number of carbonyl (C=O) groups excluding carboxylic acids is 3. The predicted molar refractivity (Wildman–Crippen MR) is 97.1 cm³/mol. The molecule has 27 heavy (non-hydrogen) atoms. The number of hydrogen-bond acceptors (Lipinski definition) is 4. The van der Waals surface area contributed by atoms with Gasteiger partial charge in [-0.15, -0.1) is 0 Å². The van der Waals surface area contributed by atoms with Crippen molar-refractivity contribution in [2.24, 2.45) is 0 Å². The minimum Gasteiger partial charge on any atom is -0.493 e. The standard InChI is InChI=1S/C21H18N2O4/c24-19-7-6-17(20(25)22-19)23-11-16-14(2-1-3-15(16)21(23)26)13-5-4-12-8-9-27-18(12)10-13/h1-5,10,17H,6-9,11H2,(H,22,24,25). The molecule has 1 N–H and O–H groups in total. The first-order valence-corrected chi connectivity index (χ1v) is 9.14. The van der Waals surface area contributed by atoms with E-state index in [1.165, 1.54) is 5.56 Å². The van der Waals surface area contributed by atoms with E-state index in [0.29, 0.717) is 25.1 Å². The fourth-order valence-electron chi connectivity index (χ4n) is 4.19. The van der Waals surface area contributed by atoms with Crippen molar-refractivity contribution in [3.8, 4) is 16.9 Å². The maximum atomic E-state index is 12.9. The van der Waals surface area contributed by atoms with Crippen LogP contribution in [0.1, 0.15) is 34.3 Å². The molecule has 2 aromatic carbocycles. The third-order valence-electron chi connectivity index (χ3n) is 5.59. The monoisotopic (exact) mass is 362 g/mol. The van der Waals surface area contributed by atoms with Gasteiger partial charge in [0.25, 0.3) is 5.91 Å². The van der Waals surface area contributed by atoms with E-state index >= 15 is 0 Å². The molecule has 0 aromatic heterocycles. The van der Waals surface area contributed by atoms with Crippen LogP contribution in [-0.4, -0.2) is 35.3 Å². The van der Waals surface area contributed by atoms with E-state index in [-0.39, 0.29) is 24.1 Å². The molecule has 1 atom stereocenters. The zero-order chi connectivity index (χ0) is 18.5. The van der Waals surface area contributed by atoms with Gasteiger partial charge in [0.05, 0.1) is 6.61 Å². The van der Waals surface area contributed by atoms with Gasteiger partial charge in [-0.2, -0.15) is 0 Å². The zero-order valence-electron chi connectivity index (χ0n) is 14.7. The van der Waals surface area contributed by atoms with E-state index < -0.39 is 6.04 Å². The molecule has 0 saturated carbocycles. The number of amides is 3. The molecule has 1 fully saturated rings. The maximum absolute atomic E-state index is 12.9. The summed E-state index contributed by atoms with van der Waals surface area (Å²) in [5.41, 5.74) is 4.73. The van der Waals surface area contributed by atoms with Crippen LogP contribution in [0.4, 0.5) is 0 Å².